The van der Waals surface area contributed by atoms with Gasteiger partial charge in [-0.2, -0.15) is 5.10 Å². The number of hydrogen-bond acceptors (Lipinski definition) is 7. The van der Waals surface area contributed by atoms with E-state index in [4.69, 9.17) is 14.7 Å². The third kappa shape index (κ3) is 2.92. The molecule has 1 aliphatic heterocycles. The first-order valence-electron chi connectivity index (χ1n) is 9.84. The van der Waals surface area contributed by atoms with Crippen LogP contribution in [0.4, 0.5) is 5.82 Å². The van der Waals surface area contributed by atoms with Gasteiger partial charge in [0.05, 0.1) is 35.1 Å². The molecule has 4 aromatic heterocycles. The smallest absolute Gasteiger partial charge is 0.162 e. The van der Waals surface area contributed by atoms with E-state index in [-0.39, 0.29) is 0 Å². The van der Waals surface area contributed by atoms with Gasteiger partial charge < -0.3 is 9.64 Å². The highest BCUT2D eigenvalue weighted by Gasteiger charge is 2.21. The number of nitrogens with zero attached hydrogens (tertiary/aromatic N) is 5. The molecule has 0 unspecified atom stereocenters. The number of H-pyrrole nitrogens is 1. The number of anilines is 1. The average molecular weight is 414 g/mol. The van der Waals surface area contributed by atoms with Crippen molar-refractivity contribution in [1.82, 2.24) is 25.1 Å². The van der Waals surface area contributed by atoms with Crippen molar-refractivity contribution in [2.45, 2.75) is 0 Å². The molecule has 7 nitrogen and oxygen atoms in total. The van der Waals surface area contributed by atoms with E-state index >= 15 is 0 Å². The third-order valence-corrected chi connectivity index (χ3v) is 6.52. The molecule has 0 atom stereocenters. The highest BCUT2D eigenvalue weighted by molar-refractivity contribution is 7.22. The zero-order valence-corrected chi connectivity index (χ0v) is 16.9. The van der Waals surface area contributed by atoms with E-state index < -0.39 is 0 Å². The van der Waals surface area contributed by atoms with Crippen LogP contribution < -0.4 is 4.90 Å². The van der Waals surface area contributed by atoms with Crippen molar-refractivity contribution < 1.29 is 4.74 Å². The van der Waals surface area contributed by atoms with Crippen LogP contribution in [0.3, 0.4) is 0 Å². The molecule has 0 amide bonds. The Hall–Kier alpha value is -3.36. The third-order valence-electron chi connectivity index (χ3n) is 5.35. The lowest BCUT2D eigenvalue weighted by Crippen LogP contribution is -2.36. The van der Waals surface area contributed by atoms with Gasteiger partial charge in [0.1, 0.15) is 0 Å². The Morgan fingerprint density at radius 2 is 1.90 bits per heavy atom. The van der Waals surface area contributed by atoms with E-state index in [2.05, 4.69) is 32.2 Å². The lowest BCUT2D eigenvalue weighted by molar-refractivity contribution is 0.122. The second-order valence-electron chi connectivity index (χ2n) is 7.17. The lowest BCUT2D eigenvalue weighted by atomic mass is 10.1. The number of morpholine rings is 1. The maximum absolute atomic E-state index is 5.57. The molecule has 1 fully saturated rings. The van der Waals surface area contributed by atoms with Crippen molar-refractivity contribution in [1.29, 1.82) is 0 Å². The van der Waals surface area contributed by atoms with Gasteiger partial charge in [0.25, 0.3) is 0 Å². The molecule has 1 N–H and O–H groups in total. The summed E-state index contributed by atoms with van der Waals surface area (Å²) >= 11 is 1.73. The van der Waals surface area contributed by atoms with Crippen LogP contribution in [0, 0.1) is 0 Å². The first-order chi connectivity index (χ1) is 14.9. The van der Waals surface area contributed by atoms with Crippen LogP contribution in [0.2, 0.25) is 0 Å². The van der Waals surface area contributed by atoms with E-state index in [1.54, 1.807) is 11.3 Å². The van der Waals surface area contributed by atoms with Gasteiger partial charge in [-0.25, -0.2) is 9.97 Å². The maximum Gasteiger partial charge on any atom is 0.162 e. The van der Waals surface area contributed by atoms with Crippen molar-refractivity contribution in [2.24, 2.45) is 0 Å². The summed E-state index contributed by atoms with van der Waals surface area (Å²) in [6.45, 7) is 3.06. The topological polar surface area (TPSA) is 79.8 Å². The van der Waals surface area contributed by atoms with Crippen molar-refractivity contribution in [3.8, 4) is 21.8 Å². The Kier molecular flexibility index (Phi) is 4.17. The Morgan fingerprint density at radius 1 is 1.03 bits per heavy atom. The van der Waals surface area contributed by atoms with Gasteiger partial charge in [-0.05, 0) is 29.8 Å². The Bertz CT molecular complexity index is 1340. The van der Waals surface area contributed by atoms with E-state index in [0.717, 1.165) is 61.9 Å². The molecule has 1 aromatic carbocycles. The van der Waals surface area contributed by atoms with Crippen LogP contribution in [0.15, 0.2) is 55.0 Å². The molecule has 0 aliphatic carbocycles. The Balaban J connectivity index is 1.58. The van der Waals surface area contributed by atoms with Crippen molar-refractivity contribution in [2.75, 3.05) is 31.2 Å². The molecular weight excluding hydrogens is 396 g/mol. The number of fused-ring (bicyclic) bond motifs is 2. The SMILES string of the molecule is c1cc(-c2nc(N3CCOCC3)c3sc(-c4ccncc4)cc3n2)c2cn[nH]c2c1. The Labute approximate surface area is 176 Å². The number of benzene rings is 1. The molecule has 0 bridgehead atoms. The average Bonchev–Trinajstić information content (AvgIpc) is 3.46. The molecule has 6 rings (SSSR count). The largest absolute Gasteiger partial charge is 0.378 e. The summed E-state index contributed by atoms with van der Waals surface area (Å²) in [5, 5.41) is 8.25. The summed E-state index contributed by atoms with van der Waals surface area (Å²) in [6, 6.07) is 12.3. The normalized spacial score (nSPS) is 14.6. The molecule has 0 radical (unpaired) electrons. The molecule has 0 spiro atoms. The molecule has 1 saturated heterocycles. The van der Waals surface area contributed by atoms with Crippen LogP contribution in [-0.4, -0.2) is 51.5 Å². The molecule has 5 heterocycles. The van der Waals surface area contributed by atoms with E-state index in [0.29, 0.717) is 13.2 Å². The lowest BCUT2D eigenvalue weighted by Gasteiger charge is -2.28. The van der Waals surface area contributed by atoms with Crippen molar-refractivity contribution >= 4 is 38.3 Å². The molecule has 5 aromatic rings. The monoisotopic (exact) mass is 414 g/mol. The number of pyridine rings is 1. The minimum atomic E-state index is 0.709. The maximum atomic E-state index is 5.57. The highest BCUT2D eigenvalue weighted by Crippen LogP contribution is 2.39. The predicted molar refractivity (Wildman–Crippen MR) is 119 cm³/mol. The summed E-state index contributed by atoms with van der Waals surface area (Å²) in [6.07, 6.45) is 5.47. The highest BCUT2D eigenvalue weighted by atomic mass is 32.1. The van der Waals surface area contributed by atoms with Crippen LogP contribution in [0.5, 0.6) is 0 Å². The quantitative estimate of drug-likeness (QED) is 0.478. The number of ether oxygens (including phenoxy) is 1. The number of aromatic amines is 1. The minimum absolute atomic E-state index is 0.709. The van der Waals surface area contributed by atoms with Crippen molar-refractivity contribution in [3.05, 3.63) is 55.0 Å². The second kappa shape index (κ2) is 7.16. The molecule has 8 heteroatoms. The van der Waals surface area contributed by atoms with Gasteiger partial charge in [-0.15, -0.1) is 11.3 Å². The van der Waals surface area contributed by atoms with Gasteiger partial charge in [-0.3, -0.25) is 10.1 Å². The molecule has 148 valence electrons. The van der Waals surface area contributed by atoms with Gasteiger partial charge in [0.2, 0.25) is 0 Å². The number of nitrogens with one attached hydrogen (secondary N) is 1. The van der Waals surface area contributed by atoms with Crippen LogP contribution in [-0.2, 0) is 4.74 Å². The number of hydrogen-bond donors (Lipinski definition) is 1. The summed E-state index contributed by atoms with van der Waals surface area (Å²) in [7, 11) is 0. The summed E-state index contributed by atoms with van der Waals surface area (Å²) < 4.78 is 6.67. The molecule has 1 aliphatic rings. The fraction of sp³-hybridized carbons (Fsp3) is 0.182. The number of rotatable bonds is 3. The zero-order valence-electron chi connectivity index (χ0n) is 16.1. The first-order valence-corrected chi connectivity index (χ1v) is 10.7. The standard InChI is InChI=1S/C22H18N6OS/c1-2-15(16-13-24-27-17(16)3-1)21-25-18-12-19(14-4-6-23-7-5-14)30-20(18)22(26-21)28-8-10-29-11-9-28/h1-7,12-13H,8-11H2,(H,24,27). The number of thiophene rings is 1. The first kappa shape index (κ1) is 17.5. The molecular formula is C22H18N6OS. The summed E-state index contributed by atoms with van der Waals surface area (Å²) in [5.41, 5.74) is 4.06. The van der Waals surface area contributed by atoms with Gasteiger partial charge >= 0.3 is 0 Å². The second-order valence-corrected chi connectivity index (χ2v) is 8.22. The van der Waals surface area contributed by atoms with E-state index in [9.17, 15) is 0 Å². The Morgan fingerprint density at radius 3 is 2.77 bits per heavy atom. The van der Waals surface area contributed by atoms with Crippen molar-refractivity contribution in [3.63, 3.8) is 0 Å². The van der Waals surface area contributed by atoms with Crippen LogP contribution >= 0.6 is 11.3 Å². The fourth-order valence-corrected chi connectivity index (χ4v) is 4.97. The summed E-state index contributed by atoms with van der Waals surface area (Å²) in [4.78, 5) is 17.6. The number of aromatic nitrogens is 5. The van der Waals surface area contributed by atoms with Gasteiger partial charge in [-0.1, -0.05) is 12.1 Å². The van der Waals surface area contributed by atoms with E-state index in [1.165, 1.54) is 0 Å². The van der Waals surface area contributed by atoms with Crippen LogP contribution in [0.1, 0.15) is 0 Å². The molecule has 0 saturated carbocycles. The van der Waals surface area contributed by atoms with Gasteiger partial charge in [0.15, 0.2) is 11.6 Å². The summed E-state index contributed by atoms with van der Waals surface area (Å²) in [5.74, 6) is 1.69. The van der Waals surface area contributed by atoms with Crippen LogP contribution in [0.25, 0.3) is 42.9 Å². The molecule has 30 heavy (non-hydrogen) atoms. The zero-order chi connectivity index (χ0) is 19.9. The minimum Gasteiger partial charge on any atom is -0.378 e. The van der Waals surface area contributed by atoms with Gasteiger partial charge in [0, 0.05) is 41.3 Å². The predicted octanol–water partition coefficient (Wildman–Crippen LogP) is 4.13. The van der Waals surface area contributed by atoms with E-state index in [1.807, 2.05) is 42.9 Å². The fourth-order valence-electron chi connectivity index (χ4n) is 3.85.